The summed E-state index contributed by atoms with van der Waals surface area (Å²) in [5.41, 5.74) is 25.9. The highest BCUT2D eigenvalue weighted by Gasteiger charge is 2.40. The van der Waals surface area contributed by atoms with E-state index in [1.807, 2.05) is 0 Å². The number of aromatic nitrogens is 1. The molecule has 25 N–H and O–H groups in total. The zero-order valence-corrected chi connectivity index (χ0v) is 65.7. The van der Waals surface area contributed by atoms with Gasteiger partial charge in [0.1, 0.15) is 72.5 Å². The molecule has 3 heterocycles. The van der Waals surface area contributed by atoms with Crippen LogP contribution in [0.1, 0.15) is 106 Å². The number of aliphatic carboxylic acids is 1. The van der Waals surface area contributed by atoms with E-state index in [1.54, 1.807) is 121 Å². The lowest BCUT2D eigenvalue weighted by Gasteiger charge is -2.29. The zero-order valence-electron chi connectivity index (χ0n) is 64.1. The van der Waals surface area contributed by atoms with Gasteiger partial charge in [-0.15, -0.1) is 0 Å². The molecule has 0 radical (unpaired) electrons. The SMILES string of the molecule is CC(O)C1NC(=O)C(CCCCN)NC(=O)C(Cc2c[nH]c3ccccc23)NC(=O)C(Cc2ccccc2)NC(=O)C(Cc2ccccc2)NC(=O)C(CC(N)=O)NC(=O)C(CCCCN)NC(=O)C(NC(=O)C2CCCN2)CSSCC(C(=O)NC(CCCCN)C(=O)O)NC(=O)C(CO)NC(=O)C(Cc2ccccc2)NC1=O. The molecule has 7 rings (SSSR count). The monoisotopic (exact) mass is 1630 g/mol. The maximum Gasteiger partial charge on any atom is 0.326 e. The van der Waals surface area contributed by atoms with E-state index in [2.05, 4.69) is 74.1 Å². The Balaban J connectivity index is 1.33. The molecular weight excluding hydrogens is 1530 g/mol. The minimum absolute atomic E-state index is 0.0919. The minimum atomic E-state index is -1.91. The van der Waals surface area contributed by atoms with Crippen molar-refractivity contribution in [2.24, 2.45) is 22.9 Å². The summed E-state index contributed by atoms with van der Waals surface area (Å²) in [5.74, 6) is -15.3. The third kappa shape index (κ3) is 30.0. The zero-order chi connectivity index (χ0) is 83.3. The van der Waals surface area contributed by atoms with Gasteiger partial charge in [0.25, 0.3) is 0 Å². The molecular formula is C78H108N18O17S2. The quantitative estimate of drug-likeness (QED) is 0.0169. The van der Waals surface area contributed by atoms with Crippen molar-refractivity contribution < 1.29 is 82.4 Å². The molecule has 37 heteroatoms. The Kier molecular flexibility index (Phi) is 38.2. The van der Waals surface area contributed by atoms with E-state index >= 15 is 14.4 Å². The van der Waals surface area contributed by atoms with Gasteiger partial charge in [0.2, 0.25) is 76.8 Å². The molecule has 1 aromatic heterocycles. The fourth-order valence-electron chi connectivity index (χ4n) is 12.9. The van der Waals surface area contributed by atoms with E-state index in [9.17, 15) is 68.1 Å². The number of carboxylic acid groups (broad SMARTS) is 1. The van der Waals surface area contributed by atoms with Crippen LogP contribution < -0.4 is 92.1 Å². The Hall–Kier alpha value is -10.5. The van der Waals surface area contributed by atoms with Crippen molar-refractivity contribution >= 4 is 115 Å². The first-order chi connectivity index (χ1) is 55.3. The smallest absolute Gasteiger partial charge is 0.326 e. The Morgan fingerprint density at radius 1 is 0.487 bits per heavy atom. The first-order valence-electron chi connectivity index (χ1n) is 38.5. The molecule has 2 fully saturated rings. The lowest BCUT2D eigenvalue weighted by Crippen LogP contribution is -2.63. The number of hydrogen-bond acceptors (Lipinski definition) is 22. The number of para-hydroxylation sites is 1. The van der Waals surface area contributed by atoms with Crippen LogP contribution >= 0.6 is 21.6 Å². The molecule has 14 atom stereocenters. The first-order valence-corrected chi connectivity index (χ1v) is 41.0. The number of amides is 13. The van der Waals surface area contributed by atoms with E-state index in [1.165, 1.54) is 6.92 Å². The largest absolute Gasteiger partial charge is 0.480 e. The van der Waals surface area contributed by atoms with Crippen LogP contribution in [0.3, 0.4) is 0 Å². The average molecular weight is 1630 g/mol. The van der Waals surface area contributed by atoms with Gasteiger partial charge in [0.05, 0.1) is 25.2 Å². The molecule has 5 aromatic rings. The maximum atomic E-state index is 15.4. The maximum absolute atomic E-state index is 15.4. The number of nitrogens with two attached hydrogens (primary N) is 4. The molecule has 0 bridgehead atoms. The van der Waals surface area contributed by atoms with E-state index in [4.69, 9.17) is 22.9 Å². The van der Waals surface area contributed by atoms with Gasteiger partial charge in [-0.2, -0.15) is 0 Å². The Bertz CT molecular complexity index is 4070. The van der Waals surface area contributed by atoms with Crippen molar-refractivity contribution in [3.8, 4) is 0 Å². The van der Waals surface area contributed by atoms with E-state index in [0.717, 1.165) is 21.6 Å². The molecule has 0 aliphatic carbocycles. The number of rotatable bonds is 29. The number of aliphatic hydroxyl groups is 2. The molecule has 4 aromatic carbocycles. The normalized spacial score (nSPS) is 23.9. The fourth-order valence-corrected chi connectivity index (χ4v) is 15.3. The molecule has 35 nitrogen and oxygen atoms in total. The number of carboxylic acids is 1. The van der Waals surface area contributed by atoms with Crippen LogP contribution in [0.4, 0.5) is 0 Å². The number of aromatic amines is 1. The summed E-state index contributed by atoms with van der Waals surface area (Å²) >= 11 is 0. The number of hydrogen-bond donors (Lipinski definition) is 21. The van der Waals surface area contributed by atoms with Gasteiger partial charge in [-0.1, -0.05) is 131 Å². The van der Waals surface area contributed by atoms with Crippen molar-refractivity contribution in [1.82, 2.24) is 74.1 Å². The highest BCUT2D eigenvalue weighted by Crippen LogP contribution is 2.25. The number of carbonyl (C=O) groups excluding carboxylic acids is 13. The third-order valence-electron chi connectivity index (χ3n) is 19.3. The van der Waals surface area contributed by atoms with E-state index in [0.29, 0.717) is 71.8 Å². The number of H-pyrrole nitrogens is 1. The Labute approximate surface area is 673 Å². The fraction of sp³-hybridized carbons (Fsp3) is 0.487. The number of nitrogens with one attached hydrogen (secondary N) is 14. The van der Waals surface area contributed by atoms with Crippen molar-refractivity contribution in [2.45, 2.75) is 194 Å². The van der Waals surface area contributed by atoms with Crippen LogP contribution in [0, 0.1) is 0 Å². The number of carbonyl (C=O) groups is 14. The highest BCUT2D eigenvalue weighted by atomic mass is 33.1. The Morgan fingerprint density at radius 2 is 0.922 bits per heavy atom. The van der Waals surface area contributed by atoms with Crippen molar-refractivity contribution in [3.63, 3.8) is 0 Å². The van der Waals surface area contributed by atoms with E-state index in [-0.39, 0.29) is 89.6 Å². The highest BCUT2D eigenvalue weighted by molar-refractivity contribution is 8.76. The molecule has 2 saturated heterocycles. The second-order valence-corrected chi connectivity index (χ2v) is 30.8. The second kappa shape index (κ2) is 48.0. The summed E-state index contributed by atoms with van der Waals surface area (Å²) in [6.07, 6.45) is 0.336. The van der Waals surface area contributed by atoms with Crippen LogP contribution in [0.5, 0.6) is 0 Å². The van der Waals surface area contributed by atoms with Gasteiger partial charge in [0, 0.05) is 54.3 Å². The van der Waals surface area contributed by atoms with Gasteiger partial charge in [-0.25, -0.2) is 4.79 Å². The number of fused-ring (bicyclic) bond motifs is 1. The van der Waals surface area contributed by atoms with Crippen LogP contribution in [0.2, 0.25) is 0 Å². The Morgan fingerprint density at radius 3 is 1.42 bits per heavy atom. The molecule has 2 aliphatic rings. The molecule has 0 saturated carbocycles. The third-order valence-corrected chi connectivity index (χ3v) is 21.7. The molecule has 115 heavy (non-hydrogen) atoms. The summed E-state index contributed by atoms with van der Waals surface area (Å²) in [6, 6.07) is 11.5. The average Bonchev–Trinajstić information content (AvgIpc) is 0.872. The molecule has 2 aliphatic heterocycles. The van der Waals surface area contributed by atoms with E-state index < -0.39 is 186 Å². The first kappa shape index (κ1) is 91.6. The molecule has 624 valence electrons. The predicted octanol–water partition coefficient (Wildman–Crippen LogP) is -2.88. The number of primary amides is 1. The van der Waals surface area contributed by atoms with Gasteiger partial charge in [0.15, 0.2) is 0 Å². The summed E-state index contributed by atoms with van der Waals surface area (Å²) in [6.45, 7) is 1.01. The predicted molar refractivity (Wildman–Crippen MR) is 430 cm³/mol. The lowest BCUT2D eigenvalue weighted by atomic mass is 10.00. The van der Waals surface area contributed by atoms with Crippen LogP contribution in [0.15, 0.2) is 121 Å². The number of unbranched alkanes of at least 4 members (excludes halogenated alkanes) is 3. The van der Waals surface area contributed by atoms with Gasteiger partial charge in [-0.05, 0) is 132 Å². The van der Waals surface area contributed by atoms with Crippen molar-refractivity contribution in [3.05, 3.63) is 144 Å². The molecule has 14 unspecified atom stereocenters. The van der Waals surface area contributed by atoms with Gasteiger partial charge >= 0.3 is 5.97 Å². The summed E-state index contributed by atoms with van der Waals surface area (Å²) < 4.78 is 0. The molecule has 13 amide bonds. The second-order valence-electron chi connectivity index (χ2n) is 28.3. The molecule has 0 spiro atoms. The summed E-state index contributed by atoms with van der Waals surface area (Å²) in [4.78, 5) is 206. The van der Waals surface area contributed by atoms with Crippen molar-refractivity contribution in [1.29, 1.82) is 0 Å². The summed E-state index contributed by atoms with van der Waals surface area (Å²) in [7, 11) is 1.75. The lowest BCUT2D eigenvalue weighted by molar-refractivity contribution is -0.142. The van der Waals surface area contributed by atoms with Crippen LogP contribution in [-0.2, 0) is 92.8 Å². The van der Waals surface area contributed by atoms with Gasteiger partial charge < -0.3 is 112 Å². The van der Waals surface area contributed by atoms with Crippen LogP contribution in [0.25, 0.3) is 10.9 Å². The van der Waals surface area contributed by atoms with Gasteiger partial charge in [-0.3, -0.25) is 62.3 Å². The minimum Gasteiger partial charge on any atom is -0.480 e. The number of aliphatic hydroxyl groups excluding tert-OH is 2. The van der Waals surface area contributed by atoms with Crippen molar-refractivity contribution in [2.75, 3.05) is 44.3 Å². The standard InChI is InChI=1S/C78H108N18O17S2/c1-45(98)65-77(111)92-58(38-48-24-9-4-10-25-48)71(105)93-61(42-97)74(108)95-63(76(110)87-55(78(112)113)30-15-18-34-81)44-115-114-43-62(94-66(100)52-31-19-35-83-52)75(109)86-53(28-13-16-32-79)67(101)91-60(40-64(82)99)73(107)89-56(36-46-20-5-2-6-21-46)69(103)88-57(37-47-22-7-3-8-23-47)70(104)90-59(39-49-41-84-51-27-12-11-26-50(49)51)72(106)85-54(68(102)96-65)29-14-17-33-80/h2-12,20-27,41,45,52-63,65,83-84,97-98H,13-19,28-40,42-44,79-81H2,1H3,(H2,82,99)(H,85,106)(H,86,109)(H,87,110)(H,88,103)(H,89,107)(H,90,104)(H,91,101)(H,92,111)(H,93,105)(H,94,100)(H,95,108)(H,96,102)(H,112,113). The summed E-state index contributed by atoms with van der Waals surface area (Å²) in [5, 5.41) is 67.5. The number of benzene rings is 4. The topological polar surface area (TPSA) is 576 Å². The van der Waals surface area contributed by atoms with Crippen LogP contribution in [-0.4, -0.2) is 232 Å².